The first-order valence-electron chi connectivity index (χ1n) is 8.05. The number of rotatable bonds is 8. The highest BCUT2D eigenvalue weighted by atomic mass is 79.9. The first-order chi connectivity index (χ1) is 12.3. The number of carbonyl (C=O) groups is 2. The second-order valence-electron chi connectivity index (χ2n) is 6.25. The molecule has 1 aromatic rings. The SMILES string of the molecule is COCCN(C(=O)[C@@H]1C[C@@H]1[N+](=O)[O-])[C@@](C)(C(=O)OC)c1ccc(Br)cc1. The van der Waals surface area contributed by atoms with Gasteiger partial charge in [-0.2, -0.15) is 0 Å². The molecule has 0 radical (unpaired) electrons. The number of methoxy groups -OCH3 is 2. The second kappa shape index (κ2) is 8.13. The van der Waals surface area contributed by atoms with Crippen LogP contribution in [0.4, 0.5) is 0 Å². The third kappa shape index (κ3) is 3.88. The van der Waals surface area contributed by atoms with E-state index in [2.05, 4.69) is 15.9 Å². The predicted molar refractivity (Wildman–Crippen MR) is 96.0 cm³/mol. The van der Waals surface area contributed by atoms with Gasteiger partial charge in [-0.05, 0) is 24.6 Å². The van der Waals surface area contributed by atoms with Crippen LogP contribution in [0.2, 0.25) is 0 Å². The van der Waals surface area contributed by atoms with Crippen LogP contribution in [0.25, 0.3) is 0 Å². The number of carbonyl (C=O) groups excluding carboxylic acids is 2. The van der Waals surface area contributed by atoms with Crippen LogP contribution in [0.15, 0.2) is 28.7 Å². The number of halogens is 1. The number of esters is 1. The molecule has 9 heteroatoms. The number of hydrogen-bond donors (Lipinski definition) is 0. The normalized spacial score (nSPS) is 20.8. The second-order valence-corrected chi connectivity index (χ2v) is 7.16. The molecule has 1 fully saturated rings. The van der Waals surface area contributed by atoms with Crippen LogP contribution in [0, 0.1) is 16.0 Å². The monoisotopic (exact) mass is 428 g/mol. The maximum absolute atomic E-state index is 13.0. The summed E-state index contributed by atoms with van der Waals surface area (Å²) in [6.45, 7) is 1.88. The molecule has 0 bridgehead atoms. The fraction of sp³-hybridized carbons (Fsp3) is 0.529. The zero-order valence-electron chi connectivity index (χ0n) is 14.8. The highest BCUT2D eigenvalue weighted by molar-refractivity contribution is 9.10. The van der Waals surface area contributed by atoms with Gasteiger partial charge >= 0.3 is 5.97 Å². The Kier molecular flexibility index (Phi) is 6.35. The van der Waals surface area contributed by atoms with E-state index in [1.165, 1.54) is 19.1 Å². The van der Waals surface area contributed by atoms with Gasteiger partial charge < -0.3 is 14.4 Å². The van der Waals surface area contributed by atoms with Crippen molar-refractivity contribution in [2.45, 2.75) is 24.9 Å². The molecule has 0 unspecified atom stereocenters. The maximum Gasteiger partial charge on any atom is 0.336 e. The van der Waals surface area contributed by atoms with Crippen molar-refractivity contribution in [1.82, 2.24) is 4.90 Å². The Morgan fingerprint density at radius 1 is 1.35 bits per heavy atom. The Hall–Kier alpha value is -2.00. The highest BCUT2D eigenvalue weighted by Crippen LogP contribution is 2.39. The molecule has 2 rings (SSSR count). The fourth-order valence-corrected chi connectivity index (χ4v) is 3.24. The quantitative estimate of drug-likeness (QED) is 0.356. The lowest BCUT2D eigenvalue weighted by atomic mass is 9.89. The lowest BCUT2D eigenvalue weighted by Gasteiger charge is -2.39. The Labute approximate surface area is 159 Å². The van der Waals surface area contributed by atoms with E-state index in [1.807, 2.05) is 0 Å². The molecule has 3 atom stereocenters. The molecule has 1 amide bonds. The fourth-order valence-electron chi connectivity index (χ4n) is 2.97. The average Bonchev–Trinajstić information content (AvgIpc) is 3.42. The Balaban J connectivity index is 2.45. The summed E-state index contributed by atoms with van der Waals surface area (Å²) >= 11 is 3.34. The van der Waals surface area contributed by atoms with E-state index >= 15 is 0 Å². The molecular formula is C17H21BrN2O6. The number of nitro groups is 1. The van der Waals surface area contributed by atoms with E-state index in [0.29, 0.717) is 5.56 Å². The van der Waals surface area contributed by atoms with Crippen molar-refractivity contribution in [3.05, 3.63) is 44.4 Å². The van der Waals surface area contributed by atoms with Crippen LogP contribution in [0.5, 0.6) is 0 Å². The van der Waals surface area contributed by atoms with Crippen LogP contribution >= 0.6 is 15.9 Å². The van der Waals surface area contributed by atoms with Crippen LogP contribution in [-0.2, 0) is 24.6 Å². The van der Waals surface area contributed by atoms with Crippen molar-refractivity contribution in [2.75, 3.05) is 27.4 Å². The molecule has 1 aromatic carbocycles. The molecule has 1 aliphatic carbocycles. The average molecular weight is 429 g/mol. The molecule has 26 heavy (non-hydrogen) atoms. The largest absolute Gasteiger partial charge is 0.467 e. The molecule has 142 valence electrons. The lowest BCUT2D eigenvalue weighted by molar-refractivity contribution is -0.497. The number of ether oxygens (including phenoxy) is 2. The summed E-state index contributed by atoms with van der Waals surface area (Å²) < 4.78 is 10.9. The molecule has 1 saturated carbocycles. The van der Waals surface area contributed by atoms with E-state index < -0.39 is 34.3 Å². The standard InChI is InChI=1S/C17H21BrN2O6/c1-17(16(22)26-3,11-4-6-12(18)7-5-11)19(8-9-25-2)15(21)13-10-14(13)20(23)24/h4-7,13-14H,8-10H2,1-3H3/t13-,14+,17-/m1/s1. The molecule has 1 aliphatic rings. The highest BCUT2D eigenvalue weighted by Gasteiger charge is 2.58. The van der Waals surface area contributed by atoms with Crippen molar-refractivity contribution in [1.29, 1.82) is 0 Å². The molecule has 8 nitrogen and oxygen atoms in total. The molecular weight excluding hydrogens is 408 g/mol. The van der Waals surface area contributed by atoms with Gasteiger partial charge in [-0.3, -0.25) is 14.9 Å². The maximum atomic E-state index is 13.0. The number of amides is 1. The van der Waals surface area contributed by atoms with Crippen molar-refractivity contribution in [3.63, 3.8) is 0 Å². The Morgan fingerprint density at radius 2 is 1.96 bits per heavy atom. The number of benzene rings is 1. The number of nitrogens with zero attached hydrogens (tertiary/aromatic N) is 2. The third-order valence-electron chi connectivity index (χ3n) is 4.66. The number of hydrogen-bond acceptors (Lipinski definition) is 6. The summed E-state index contributed by atoms with van der Waals surface area (Å²) in [6, 6.07) is 6.04. The molecule has 0 heterocycles. The van der Waals surface area contributed by atoms with Crippen LogP contribution in [0.3, 0.4) is 0 Å². The Morgan fingerprint density at radius 3 is 2.42 bits per heavy atom. The minimum Gasteiger partial charge on any atom is -0.467 e. The predicted octanol–water partition coefficient (Wildman–Crippen LogP) is 1.98. The summed E-state index contributed by atoms with van der Waals surface area (Å²) in [5, 5.41) is 11.0. The topological polar surface area (TPSA) is 99.0 Å². The van der Waals surface area contributed by atoms with Gasteiger partial charge in [0.1, 0.15) is 5.92 Å². The van der Waals surface area contributed by atoms with E-state index in [-0.39, 0.29) is 19.6 Å². The summed E-state index contributed by atoms with van der Waals surface area (Å²) in [7, 11) is 2.73. The van der Waals surface area contributed by atoms with E-state index in [4.69, 9.17) is 9.47 Å². The Bertz CT molecular complexity index is 695. The van der Waals surface area contributed by atoms with Crippen molar-refractivity contribution in [3.8, 4) is 0 Å². The zero-order chi connectivity index (χ0) is 19.5. The smallest absolute Gasteiger partial charge is 0.336 e. The summed E-state index contributed by atoms with van der Waals surface area (Å²) in [5.74, 6) is -1.80. The van der Waals surface area contributed by atoms with Gasteiger partial charge in [-0.15, -0.1) is 0 Å². The van der Waals surface area contributed by atoms with E-state index in [0.717, 1.165) is 4.47 Å². The molecule has 0 saturated heterocycles. The van der Waals surface area contributed by atoms with Crippen molar-refractivity contribution < 1.29 is 24.0 Å². The molecule has 0 aliphatic heterocycles. The van der Waals surface area contributed by atoms with E-state index in [1.54, 1.807) is 31.2 Å². The van der Waals surface area contributed by atoms with Crippen molar-refractivity contribution in [2.24, 2.45) is 5.92 Å². The van der Waals surface area contributed by atoms with Gasteiger partial charge in [0.05, 0.1) is 13.7 Å². The molecule has 0 aromatic heterocycles. The first-order valence-corrected chi connectivity index (χ1v) is 8.85. The van der Waals surface area contributed by atoms with Gasteiger partial charge in [0, 0.05) is 29.5 Å². The lowest BCUT2D eigenvalue weighted by Crippen LogP contribution is -2.55. The first kappa shape index (κ1) is 20.3. The van der Waals surface area contributed by atoms with Gasteiger partial charge in [-0.25, -0.2) is 4.79 Å². The minimum atomic E-state index is -1.42. The van der Waals surface area contributed by atoms with Crippen LogP contribution in [0.1, 0.15) is 18.9 Å². The van der Waals surface area contributed by atoms with E-state index in [9.17, 15) is 19.7 Å². The summed E-state index contributed by atoms with van der Waals surface area (Å²) in [4.78, 5) is 37.5. The van der Waals surface area contributed by atoms with Gasteiger partial charge in [0.2, 0.25) is 11.9 Å². The summed E-state index contributed by atoms with van der Waals surface area (Å²) in [5.41, 5.74) is -0.871. The minimum absolute atomic E-state index is 0.109. The molecule has 0 spiro atoms. The van der Waals surface area contributed by atoms with Crippen molar-refractivity contribution >= 4 is 27.8 Å². The van der Waals surface area contributed by atoms with Gasteiger partial charge in [0.15, 0.2) is 5.54 Å². The third-order valence-corrected chi connectivity index (χ3v) is 5.19. The van der Waals surface area contributed by atoms with Crippen LogP contribution in [-0.4, -0.2) is 55.1 Å². The summed E-state index contributed by atoms with van der Waals surface area (Å²) in [6.07, 6.45) is 0.174. The molecule has 0 N–H and O–H groups in total. The zero-order valence-corrected chi connectivity index (χ0v) is 16.4. The van der Waals surface area contributed by atoms with Gasteiger partial charge in [0.25, 0.3) is 0 Å². The van der Waals surface area contributed by atoms with Crippen LogP contribution < -0.4 is 0 Å². The van der Waals surface area contributed by atoms with Gasteiger partial charge in [-0.1, -0.05) is 28.1 Å².